The lowest BCUT2D eigenvalue weighted by Crippen LogP contribution is -2.08. The number of carbonyl (C=O) groups excluding carboxylic acids is 1. The van der Waals surface area contributed by atoms with Crippen molar-refractivity contribution in [1.82, 2.24) is 0 Å². The standard InChI is InChI=1S/C28H32O3/c1-3-5-7-21-30-26-17-15-25(16-18-26)28(29)31-27-19-13-24(14-20-27)23-11-9-22(10-12-23)8-6-4-2/h9-20H,3-8,21H2,1-2H3. The van der Waals surface area contributed by atoms with Crippen molar-refractivity contribution in [2.24, 2.45) is 0 Å². The van der Waals surface area contributed by atoms with Gasteiger partial charge in [-0.1, -0.05) is 69.5 Å². The van der Waals surface area contributed by atoms with Crippen LogP contribution < -0.4 is 9.47 Å². The van der Waals surface area contributed by atoms with Crippen molar-refractivity contribution in [3.05, 3.63) is 83.9 Å². The van der Waals surface area contributed by atoms with E-state index in [2.05, 4.69) is 38.1 Å². The minimum Gasteiger partial charge on any atom is -0.494 e. The number of rotatable bonds is 11. The zero-order valence-electron chi connectivity index (χ0n) is 18.6. The van der Waals surface area contributed by atoms with Gasteiger partial charge in [-0.2, -0.15) is 0 Å². The lowest BCUT2D eigenvalue weighted by Gasteiger charge is -2.08. The number of esters is 1. The van der Waals surface area contributed by atoms with Crippen molar-refractivity contribution in [2.75, 3.05) is 6.61 Å². The minimum absolute atomic E-state index is 0.370. The first-order valence-corrected chi connectivity index (χ1v) is 11.3. The molecule has 3 aromatic rings. The Morgan fingerprint density at radius 1 is 0.677 bits per heavy atom. The first kappa shape index (κ1) is 22.6. The van der Waals surface area contributed by atoms with Gasteiger partial charge in [0, 0.05) is 0 Å². The number of carbonyl (C=O) groups is 1. The fraction of sp³-hybridized carbons (Fsp3) is 0.321. The van der Waals surface area contributed by atoms with E-state index in [0.29, 0.717) is 17.9 Å². The van der Waals surface area contributed by atoms with Crippen LogP contribution in [0.2, 0.25) is 0 Å². The number of hydrogen-bond donors (Lipinski definition) is 0. The Kier molecular flexibility index (Phi) is 8.71. The van der Waals surface area contributed by atoms with Crippen molar-refractivity contribution >= 4 is 5.97 Å². The number of ether oxygens (including phenoxy) is 2. The van der Waals surface area contributed by atoms with Crippen LogP contribution in [0.4, 0.5) is 0 Å². The molecule has 31 heavy (non-hydrogen) atoms. The van der Waals surface area contributed by atoms with E-state index in [1.807, 2.05) is 36.4 Å². The molecule has 162 valence electrons. The molecule has 0 saturated heterocycles. The van der Waals surface area contributed by atoms with Crippen LogP contribution in [0.15, 0.2) is 72.8 Å². The molecule has 0 heterocycles. The van der Waals surface area contributed by atoms with Crippen LogP contribution in [-0.4, -0.2) is 12.6 Å². The summed E-state index contributed by atoms with van der Waals surface area (Å²) in [5.41, 5.74) is 4.14. The number of benzene rings is 3. The molecule has 0 spiro atoms. The summed E-state index contributed by atoms with van der Waals surface area (Å²) < 4.78 is 11.2. The molecule has 3 rings (SSSR count). The van der Waals surface area contributed by atoms with Crippen LogP contribution in [0, 0.1) is 0 Å². The first-order valence-electron chi connectivity index (χ1n) is 11.3. The highest BCUT2D eigenvalue weighted by Crippen LogP contribution is 2.24. The van der Waals surface area contributed by atoms with Crippen molar-refractivity contribution < 1.29 is 14.3 Å². The third-order valence-electron chi connectivity index (χ3n) is 5.28. The number of aryl methyl sites for hydroxylation is 1. The van der Waals surface area contributed by atoms with Gasteiger partial charge in [-0.25, -0.2) is 4.79 Å². The van der Waals surface area contributed by atoms with Crippen LogP contribution in [0.25, 0.3) is 11.1 Å². The molecule has 0 unspecified atom stereocenters. The summed E-state index contributed by atoms with van der Waals surface area (Å²) in [4.78, 5) is 12.4. The fourth-order valence-electron chi connectivity index (χ4n) is 3.36. The zero-order chi connectivity index (χ0) is 21.9. The average molecular weight is 417 g/mol. The lowest BCUT2D eigenvalue weighted by atomic mass is 10.0. The highest BCUT2D eigenvalue weighted by atomic mass is 16.5. The van der Waals surface area contributed by atoms with E-state index in [1.165, 1.54) is 24.8 Å². The maximum atomic E-state index is 12.4. The van der Waals surface area contributed by atoms with Crippen LogP contribution in [0.3, 0.4) is 0 Å². The molecule has 0 aliphatic carbocycles. The lowest BCUT2D eigenvalue weighted by molar-refractivity contribution is 0.0734. The summed E-state index contributed by atoms with van der Waals surface area (Å²) in [5, 5.41) is 0. The van der Waals surface area contributed by atoms with Gasteiger partial charge in [0.2, 0.25) is 0 Å². The van der Waals surface area contributed by atoms with Gasteiger partial charge in [-0.05, 0) is 72.4 Å². The van der Waals surface area contributed by atoms with E-state index in [1.54, 1.807) is 12.1 Å². The normalized spacial score (nSPS) is 10.6. The van der Waals surface area contributed by atoms with Gasteiger partial charge in [-0.15, -0.1) is 0 Å². The fourth-order valence-corrected chi connectivity index (χ4v) is 3.36. The van der Waals surface area contributed by atoms with Gasteiger partial charge in [0.05, 0.1) is 12.2 Å². The van der Waals surface area contributed by atoms with Crippen LogP contribution in [0.5, 0.6) is 11.5 Å². The van der Waals surface area contributed by atoms with Crippen LogP contribution in [0.1, 0.15) is 61.9 Å². The zero-order valence-corrected chi connectivity index (χ0v) is 18.6. The topological polar surface area (TPSA) is 35.5 Å². The number of unbranched alkanes of at least 4 members (excludes halogenated alkanes) is 3. The molecule has 0 aromatic heterocycles. The summed E-state index contributed by atoms with van der Waals surface area (Å²) in [5.74, 6) is 0.941. The molecule has 0 fully saturated rings. The summed E-state index contributed by atoms with van der Waals surface area (Å²) in [6.45, 7) is 5.08. The van der Waals surface area contributed by atoms with Crippen LogP contribution >= 0.6 is 0 Å². The van der Waals surface area contributed by atoms with Gasteiger partial charge in [0.25, 0.3) is 0 Å². The number of hydrogen-bond acceptors (Lipinski definition) is 3. The predicted octanol–water partition coefficient (Wildman–Crippen LogP) is 7.48. The SMILES string of the molecule is CCCCCOc1ccc(C(=O)Oc2ccc(-c3ccc(CCCC)cc3)cc2)cc1. The van der Waals surface area contributed by atoms with E-state index < -0.39 is 0 Å². The molecule has 3 nitrogen and oxygen atoms in total. The van der Waals surface area contributed by atoms with Gasteiger partial charge in [-0.3, -0.25) is 0 Å². The smallest absolute Gasteiger partial charge is 0.343 e. The van der Waals surface area contributed by atoms with E-state index in [-0.39, 0.29) is 5.97 Å². The van der Waals surface area contributed by atoms with Gasteiger partial charge in [0.15, 0.2) is 0 Å². The highest BCUT2D eigenvalue weighted by Gasteiger charge is 2.09. The third-order valence-corrected chi connectivity index (χ3v) is 5.28. The molecule has 0 bridgehead atoms. The van der Waals surface area contributed by atoms with Crippen molar-refractivity contribution in [2.45, 2.75) is 52.4 Å². The second-order valence-corrected chi connectivity index (χ2v) is 7.79. The first-order chi connectivity index (χ1) is 15.2. The maximum Gasteiger partial charge on any atom is 0.343 e. The quantitative estimate of drug-likeness (QED) is 0.185. The molecule has 0 aliphatic rings. The van der Waals surface area contributed by atoms with Crippen molar-refractivity contribution in [3.8, 4) is 22.6 Å². The summed E-state index contributed by atoms with van der Waals surface area (Å²) in [7, 11) is 0. The summed E-state index contributed by atoms with van der Waals surface area (Å²) >= 11 is 0. The minimum atomic E-state index is -0.370. The molecule has 0 amide bonds. The Labute approximate surface area is 186 Å². The predicted molar refractivity (Wildman–Crippen MR) is 127 cm³/mol. The second-order valence-electron chi connectivity index (χ2n) is 7.79. The molecule has 0 saturated carbocycles. The van der Waals surface area contributed by atoms with Crippen molar-refractivity contribution in [3.63, 3.8) is 0 Å². The molecular weight excluding hydrogens is 384 g/mol. The largest absolute Gasteiger partial charge is 0.494 e. The van der Waals surface area contributed by atoms with E-state index >= 15 is 0 Å². The second kappa shape index (κ2) is 11.9. The van der Waals surface area contributed by atoms with Gasteiger partial charge < -0.3 is 9.47 Å². The molecule has 3 heteroatoms. The molecular formula is C28H32O3. The maximum absolute atomic E-state index is 12.4. The Balaban J connectivity index is 1.55. The molecule has 0 N–H and O–H groups in total. The average Bonchev–Trinajstić information content (AvgIpc) is 2.82. The van der Waals surface area contributed by atoms with E-state index in [0.717, 1.165) is 36.1 Å². The molecule has 0 atom stereocenters. The monoisotopic (exact) mass is 416 g/mol. The molecule has 3 aromatic carbocycles. The van der Waals surface area contributed by atoms with Crippen molar-refractivity contribution in [1.29, 1.82) is 0 Å². The Bertz CT molecular complexity index is 926. The molecule has 0 radical (unpaired) electrons. The Morgan fingerprint density at radius 2 is 1.26 bits per heavy atom. The molecule has 0 aliphatic heterocycles. The Morgan fingerprint density at radius 3 is 1.87 bits per heavy atom. The highest BCUT2D eigenvalue weighted by molar-refractivity contribution is 5.91. The summed E-state index contributed by atoms with van der Waals surface area (Å²) in [6.07, 6.45) is 6.91. The van der Waals surface area contributed by atoms with E-state index in [4.69, 9.17) is 9.47 Å². The summed E-state index contributed by atoms with van der Waals surface area (Å²) in [6, 6.07) is 23.4. The van der Waals surface area contributed by atoms with Gasteiger partial charge >= 0.3 is 5.97 Å². The van der Waals surface area contributed by atoms with E-state index in [9.17, 15) is 4.79 Å². The van der Waals surface area contributed by atoms with Crippen LogP contribution in [-0.2, 0) is 6.42 Å². The van der Waals surface area contributed by atoms with Gasteiger partial charge in [0.1, 0.15) is 11.5 Å². The third kappa shape index (κ3) is 6.99. The Hall–Kier alpha value is -3.07.